The summed E-state index contributed by atoms with van der Waals surface area (Å²) in [5.74, 6) is 0.186. The van der Waals surface area contributed by atoms with Crippen molar-refractivity contribution in [1.82, 2.24) is 4.90 Å². The van der Waals surface area contributed by atoms with Crippen LogP contribution in [0.1, 0.15) is 44.6 Å². The van der Waals surface area contributed by atoms with Gasteiger partial charge in [-0.05, 0) is 60.2 Å². The Morgan fingerprint density at radius 2 is 1.62 bits per heavy atom. The Kier molecular flexibility index (Phi) is 11.9. The van der Waals surface area contributed by atoms with Crippen molar-refractivity contribution in [1.29, 1.82) is 0 Å². The van der Waals surface area contributed by atoms with Crippen LogP contribution in [0.5, 0.6) is 5.75 Å². The molecule has 2 aliphatic rings. The molecule has 8 nitrogen and oxygen atoms in total. The number of amides is 1. The Balaban J connectivity index is 1.11. The molecule has 1 aliphatic heterocycles. The highest BCUT2D eigenvalue weighted by atomic mass is 16.5. The molecule has 1 saturated carbocycles. The maximum Gasteiger partial charge on any atom is 0.311 e. The monoisotopic (exact) mass is 612 g/mol. The minimum absolute atomic E-state index is 0.0398. The number of ether oxygens (including phenoxy) is 3. The Hall–Kier alpha value is -3.82. The fourth-order valence-electron chi connectivity index (χ4n) is 6.34. The van der Waals surface area contributed by atoms with Crippen molar-refractivity contribution in [2.24, 2.45) is 5.92 Å². The summed E-state index contributed by atoms with van der Waals surface area (Å²) in [6.07, 6.45) is 6.87. The number of carbonyl (C=O) groups excluding carboxylic acids is 2. The van der Waals surface area contributed by atoms with E-state index in [2.05, 4.69) is 52.7 Å². The third kappa shape index (κ3) is 9.58. The predicted molar refractivity (Wildman–Crippen MR) is 175 cm³/mol. The van der Waals surface area contributed by atoms with Gasteiger partial charge in [0.15, 0.2) is 0 Å². The number of morpholine rings is 1. The molecule has 2 N–H and O–H groups in total. The van der Waals surface area contributed by atoms with E-state index in [4.69, 9.17) is 14.2 Å². The molecule has 3 aromatic carbocycles. The van der Waals surface area contributed by atoms with Crippen molar-refractivity contribution in [3.8, 4) is 16.9 Å². The number of nitrogens with zero attached hydrogens (tertiary/aromatic N) is 1. The van der Waals surface area contributed by atoms with Gasteiger partial charge in [-0.1, -0.05) is 66.7 Å². The number of allylic oxidation sites excluding steroid dienone is 2. The largest absolute Gasteiger partial charge is 0.427 e. The van der Waals surface area contributed by atoms with E-state index in [1.54, 1.807) is 24.3 Å². The van der Waals surface area contributed by atoms with Crippen LogP contribution in [0.25, 0.3) is 11.1 Å². The number of nitrogens with one attached hydrogen (secondary N) is 1. The van der Waals surface area contributed by atoms with Crippen LogP contribution in [-0.4, -0.2) is 66.4 Å². The van der Waals surface area contributed by atoms with E-state index < -0.39 is 6.10 Å². The molecule has 2 fully saturated rings. The molecule has 0 unspecified atom stereocenters. The van der Waals surface area contributed by atoms with Gasteiger partial charge in [0.1, 0.15) is 5.75 Å². The van der Waals surface area contributed by atoms with Crippen molar-refractivity contribution >= 4 is 17.6 Å². The molecule has 0 aromatic heterocycles. The molecule has 0 bridgehead atoms. The SMILES string of the molecule is CC(=O)Nc1ccc(OC(=O)CCC=CCC[C@H]2[C@H](N3CCOCC3)[C@H](O)C[C@H]2OCc2ccc(-c3ccccc3)cc2)cc1. The van der Waals surface area contributed by atoms with Crippen molar-refractivity contribution in [3.05, 3.63) is 96.6 Å². The minimum atomic E-state index is -0.440. The summed E-state index contributed by atoms with van der Waals surface area (Å²) in [7, 11) is 0. The first-order valence-corrected chi connectivity index (χ1v) is 16.0. The molecule has 0 spiro atoms. The van der Waals surface area contributed by atoms with Gasteiger partial charge in [0.05, 0.1) is 32.0 Å². The summed E-state index contributed by atoms with van der Waals surface area (Å²) in [6, 6.07) is 25.6. The number of aliphatic hydroxyl groups excluding tert-OH is 1. The van der Waals surface area contributed by atoms with Crippen LogP contribution in [0.3, 0.4) is 0 Å². The Morgan fingerprint density at radius 3 is 2.33 bits per heavy atom. The van der Waals surface area contributed by atoms with Crippen LogP contribution in [0.15, 0.2) is 91.0 Å². The second kappa shape index (κ2) is 16.5. The van der Waals surface area contributed by atoms with Crippen LogP contribution < -0.4 is 10.1 Å². The number of rotatable bonds is 13. The first-order valence-electron chi connectivity index (χ1n) is 16.0. The lowest BCUT2D eigenvalue weighted by molar-refractivity contribution is -0.134. The van der Waals surface area contributed by atoms with Gasteiger partial charge in [0.2, 0.25) is 5.91 Å². The summed E-state index contributed by atoms with van der Waals surface area (Å²) in [5.41, 5.74) is 4.14. The molecular weight excluding hydrogens is 568 g/mol. The van der Waals surface area contributed by atoms with E-state index in [1.165, 1.54) is 18.1 Å². The smallest absolute Gasteiger partial charge is 0.311 e. The molecule has 4 atom stereocenters. The van der Waals surface area contributed by atoms with Crippen LogP contribution in [0.2, 0.25) is 0 Å². The second-order valence-electron chi connectivity index (χ2n) is 11.8. The summed E-state index contributed by atoms with van der Waals surface area (Å²) in [6.45, 7) is 4.96. The molecular formula is C37H44N2O6. The van der Waals surface area contributed by atoms with Gasteiger partial charge >= 0.3 is 5.97 Å². The number of esters is 1. The third-order valence-electron chi connectivity index (χ3n) is 8.53. The van der Waals surface area contributed by atoms with E-state index in [-0.39, 0.29) is 36.4 Å². The molecule has 0 radical (unpaired) electrons. The number of hydrogen-bond acceptors (Lipinski definition) is 7. The van der Waals surface area contributed by atoms with Gasteiger partial charge in [-0.3, -0.25) is 14.5 Å². The maximum absolute atomic E-state index is 12.3. The number of aliphatic hydroxyl groups is 1. The fourth-order valence-corrected chi connectivity index (χ4v) is 6.34. The Bertz CT molecular complexity index is 1390. The average molecular weight is 613 g/mol. The number of benzene rings is 3. The first-order chi connectivity index (χ1) is 22.0. The van der Waals surface area contributed by atoms with Gasteiger partial charge in [-0.25, -0.2) is 0 Å². The standard InChI is InChI=1S/C37H44N2O6/c1-27(40)38-31-17-19-32(20-18-31)45-36(42)12-8-3-2-7-11-33-35(25-34(41)37(33)39-21-23-43-24-22-39)44-26-28-13-15-30(16-14-28)29-9-5-4-6-10-29/h2-6,9-10,13-20,33-35,37,41H,7-8,11-12,21-26H2,1H3,(H,38,40)/t33-,34-,35-,37+/m1/s1. The van der Waals surface area contributed by atoms with E-state index >= 15 is 0 Å². The minimum Gasteiger partial charge on any atom is -0.427 e. The zero-order chi connectivity index (χ0) is 31.4. The second-order valence-corrected chi connectivity index (χ2v) is 11.8. The first kappa shape index (κ1) is 32.6. The quantitative estimate of drug-likeness (QED) is 0.139. The van der Waals surface area contributed by atoms with Crippen LogP contribution >= 0.6 is 0 Å². The topological polar surface area (TPSA) is 97.3 Å². The Labute approximate surface area is 266 Å². The molecule has 1 heterocycles. The molecule has 238 valence electrons. The summed E-state index contributed by atoms with van der Waals surface area (Å²) >= 11 is 0. The van der Waals surface area contributed by atoms with Gasteiger partial charge < -0.3 is 24.6 Å². The number of hydrogen-bond donors (Lipinski definition) is 2. The third-order valence-corrected chi connectivity index (χ3v) is 8.53. The van der Waals surface area contributed by atoms with Crippen molar-refractivity contribution in [2.45, 2.75) is 63.9 Å². The molecule has 45 heavy (non-hydrogen) atoms. The lowest BCUT2D eigenvalue weighted by atomic mass is 9.93. The van der Waals surface area contributed by atoms with Gasteiger partial charge in [0.25, 0.3) is 0 Å². The zero-order valence-corrected chi connectivity index (χ0v) is 26.0. The molecule has 1 amide bonds. The summed E-state index contributed by atoms with van der Waals surface area (Å²) in [4.78, 5) is 25.8. The van der Waals surface area contributed by atoms with Gasteiger partial charge in [-0.15, -0.1) is 0 Å². The van der Waals surface area contributed by atoms with E-state index in [1.807, 2.05) is 24.3 Å². The highest BCUT2D eigenvalue weighted by Gasteiger charge is 2.45. The van der Waals surface area contributed by atoms with Crippen molar-refractivity contribution in [3.63, 3.8) is 0 Å². The van der Waals surface area contributed by atoms with Crippen LogP contribution in [-0.2, 0) is 25.7 Å². The molecule has 3 aromatic rings. The molecule has 5 rings (SSSR count). The van der Waals surface area contributed by atoms with E-state index in [0.29, 0.717) is 44.1 Å². The Morgan fingerprint density at radius 1 is 0.933 bits per heavy atom. The number of anilines is 1. The predicted octanol–water partition coefficient (Wildman–Crippen LogP) is 6.00. The summed E-state index contributed by atoms with van der Waals surface area (Å²) in [5, 5.41) is 13.9. The zero-order valence-electron chi connectivity index (χ0n) is 26.0. The fraction of sp³-hybridized carbons (Fsp3) is 0.405. The number of carbonyl (C=O) groups is 2. The van der Waals surface area contributed by atoms with Gasteiger partial charge in [-0.2, -0.15) is 0 Å². The van der Waals surface area contributed by atoms with Crippen LogP contribution in [0.4, 0.5) is 5.69 Å². The normalized spacial score (nSPS) is 22.0. The lowest BCUT2D eigenvalue weighted by Gasteiger charge is -2.38. The summed E-state index contributed by atoms with van der Waals surface area (Å²) < 4.78 is 17.5. The van der Waals surface area contributed by atoms with Crippen LogP contribution in [0, 0.1) is 5.92 Å². The molecule has 8 heteroatoms. The van der Waals surface area contributed by atoms with Crippen molar-refractivity contribution in [2.75, 3.05) is 31.6 Å². The highest BCUT2D eigenvalue weighted by molar-refractivity contribution is 5.88. The van der Waals surface area contributed by atoms with Crippen molar-refractivity contribution < 1.29 is 28.9 Å². The van der Waals surface area contributed by atoms with E-state index in [0.717, 1.165) is 31.5 Å². The molecule has 1 saturated heterocycles. The lowest BCUT2D eigenvalue weighted by Crippen LogP contribution is -2.50. The van der Waals surface area contributed by atoms with E-state index in [9.17, 15) is 14.7 Å². The average Bonchev–Trinajstić information content (AvgIpc) is 3.37. The van der Waals surface area contributed by atoms with Gasteiger partial charge in [0, 0.05) is 50.5 Å². The highest BCUT2D eigenvalue weighted by Crippen LogP contribution is 2.37. The maximum atomic E-state index is 12.3. The molecule has 1 aliphatic carbocycles.